The summed E-state index contributed by atoms with van der Waals surface area (Å²) in [6.07, 6.45) is 4.59. The SMILES string of the molecule is CCOC(=O)C1CC=CCC1N1C(=O)c2ccccc2C(C(=O)O)C1c1ccc(Cl)cc1Cl. The lowest BCUT2D eigenvalue weighted by atomic mass is 9.76. The predicted molar refractivity (Wildman–Crippen MR) is 124 cm³/mol. The van der Waals surface area contributed by atoms with Gasteiger partial charge in [0.15, 0.2) is 0 Å². The van der Waals surface area contributed by atoms with E-state index in [1.54, 1.807) is 43.3 Å². The van der Waals surface area contributed by atoms with Gasteiger partial charge in [0.1, 0.15) is 5.92 Å². The average Bonchev–Trinajstić information content (AvgIpc) is 2.79. The highest BCUT2D eigenvalue weighted by molar-refractivity contribution is 6.35. The molecular formula is C25H23Cl2NO5. The molecule has 2 aromatic rings. The number of esters is 1. The second-order valence-electron chi connectivity index (χ2n) is 8.09. The van der Waals surface area contributed by atoms with Crippen LogP contribution in [0.2, 0.25) is 10.0 Å². The number of rotatable bonds is 5. The van der Waals surface area contributed by atoms with E-state index >= 15 is 0 Å². The maximum Gasteiger partial charge on any atom is 0.313 e. The highest BCUT2D eigenvalue weighted by Gasteiger charge is 2.50. The van der Waals surface area contributed by atoms with Crippen LogP contribution < -0.4 is 0 Å². The molecule has 2 aliphatic rings. The molecule has 1 N–H and O–H groups in total. The summed E-state index contributed by atoms with van der Waals surface area (Å²) in [5.41, 5.74) is 1.19. The zero-order valence-electron chi connectivity index (χ0n) is 17.9. The van der Waals surface area contributed by atoms with Crippen molar-refractivity contribution in [2.75, 3.05) is 6.61 Å². The van der Waals surface area contributed by atoms with Crippen molar-refractivity contribution in [2.45, 2.75) is 37.8 Å². The number of amides is 1. The topological polar surface area (TPSA) is 83.9 Å². The van der Waals surface area contributed by atoms with E-state index in [9.17, 15) is 19.5 Å². The largest absolute Gasteiger partial charge is 0.481 e. The number of hydrogen-bond acceptors (Lipinski definition) is 4. The molecule has 0 spiro atoms. The van der Waals surface area contributed by atoms with Crippen LogP contribution in [-0.2, 0) is 14.3 Å². The number of ether oxygens (including phenoxy) is 1. The van der Waals surface area contributed by atoms with E-state index in [2.05, 4.69) is 0 Å². The first kappa shape index (κ1) is 23.3. The smallest absolute Gasteiger partial charge is 0.313 e. The first-order valence-corrected chi connectivity index (χ1v) is 11.5. The van der Waals surface area contributed by atoms with Crippen molar-refractivity contribution in [3.8, 4) is 0 Å². The number of aliphatic carboxylic acids is 1. The Balaban J connectivity index is 1.93. The average molecular weight is 488 g/mol. The summed E-state index contributed by atoms with van der Waals surface area (Å²) in [5.74, 6) is -3.53. The Morgan fingerprint density at radius 2 is 1.82 bits per heavy atom. The minimum Gasteiger partial charge on any atom is -0.481 e. The normalized spacial score (nSPS) is 24.3. The van der Waals surface area contributed by atoms with E-state index in [4.69, 9.17) is 27.9 Å². The van der Waals surface area contributed by atoms with Crippen molar-refractivity contribution in [1.29, 1.82) is 0 Å². The molecule has 0 radical (unpaired) electrons. The van der Waals surface area contributed by atoms with Gasteiger partial charge in [-0.2, -0.15) is 0 Å². The van der Waals surface area contributed by atoms with Crippen molar-refractivity contribution >= 4 is 41.0 Å². The molecule has 0 aromatic heterocycles. The number of carboxylic acid groups (broad SMARTS) is 1. The monoisotopic (exact) mass is 487 g/mol. The molecule has 4 atom stereocenters. The number of hydrogen-bond donors (Lipinski definition) is 1. The van der Waals surface area contributed by atoms with Crippen molar-refractivity contribution in [2.24, 2.45) is 5.92 Å². The van der Waals surface area contributed by atoms with Gasteiger partial charge in [0, 0.05) is 21.7 Å². The Morgan fingerprint density at radius 3 is 2.52 bits per heavy atom. The highest BCUT2D eigenvalue weighted by atomic mass is 35.5. The Labute approximate surface area is 201 Å². The molecule has 4 rings (SSSR count). The molecule has 8 heteroatoms. The lowest BCUT2D eigenvalue weighted by molar-refractivity contribution is -0.150. The van der Waals surface area contributed by atoms with Crippen molar-refractivity contribution in [3.05, 3.63) is 81.4 Å². The van der Waals surface area contributed by atoms with E-state index in [0.29, 0.717) is 34.6 Å². The van der Waals surface area contributed by atoms with Gasteiger partial charge in [0.05, 0.1) is 18.6 Å². The van der Waals surface area contributed by atoms with Gasteiger partial charge in [-0.1, -0.05) is 59.6 Å². The fourth-order valence-electron chi connectivity index (χ4n) is 4.86. The van der Waals surface area contributed by atoms with Gasteiger partial charge in [-0.3, -0.25) is 14.4 Å². The lowest BCUT2D eigenvalue weighted by Gasteiger charge is -2.47. The maximum atomic E-state index is 13.9. The van der Waals surface area contributed by atoms with Crippen LogP contribution in [0.4, 0.5) is 0 Å². The number of carbonyl (C=O) groups excluding carboxylic acids is 2. The number of fused-ring (bicyclic) bond motifs is 1. The van der Waals surface area contributed by atoms with Crippen LogP contribution in [0.5, 0.6) is 0 Å². The quantitative estimate of drug-likeness (QED) is 0.459. The molecule has 2 aromatic carbocycles. The molecule has 0 saturated heterocycles. The first-order valence-electron chi connectivity index (χ1n) is 10.8. The summed E-state index contributed by atoms with van der Waals surface area (Å²) in [4.78, 5) is 40.8. The summed E-state index contributed by atoms with van der Waals surface area (Å²) in [7, 11) is 0. The van der Waals surface area contributed by atoms with E-state index in [-0.39, 0.29) is 17.5 Å². The van der Waals surface area contributed by atoms with Gasteiger partial charge in [-0.25, -0.2) is 0 Å². The number of benzene rings is 2. The summed E-state index contributed by atoms with van der Waals surface area (Å²) in [6.45, 7) is 1.94. The Kier molecular flexibility index (Phi) is 6.77. The minimum atomic E-state index is -1.09. The second-order valence-corrected chi connectivity index (χ2v) is 8.94. The summed E-state index contributed by atoms with van der Waals surface area (Å²) < 4.78 is 5.29. The zero-order valence-corrected chi connectivity index (χ0v) is 19.4. The molecule has 1 aliphatic carbocycles. The third-order valence-corrected chi connectivity index (χ3v) is 6.83. The van der Waals surface area contributed by atoms with Crippen LogP contribution in [0.25, 0.3) is 0 Å². The second kappa shape index (κ2) is 9.57. The molecule has 33 heavy (non-hydrogen) atoms. The third-order valence-electron chi connectivity index (χ3n) is 6.27. The third kappa shape index (κ3) is 4.25. The van der Waals surface area contributed by atoms with Gasteiger partial charge in [-0.05, 0) is 49.1 Å². The van der Waals surface area contributed by atoms with Crippen molar-refractivity contribution in [3.63, 3.8) is 0 Å². The number of allylic oxidation sites excluding steroid dienone is 1. The van der Waals surface area contributed by atoms with Crippen molar-refractivity contribution in [1.82, 2.24) is 4.90 Å². The molecule has 1 heterocycles. The molecule has 1 amide bonds. The molecule has 0 fully saturated rings. The van der Waals surface area contributed by atoms with E-state index < -0.39 is 35.9 Å². The van der Waals surface area contributed by atoms with Crippen molar-refractivity contribution < 1.29 is 24.2 Å². The Morgan fingerprint density at radius 1 is 1.09 bits per heavy atom. The van der Waals surface area contributed by atoms with Gasteiger partial charge in [0.25, 0.3) is 5.91 Å². The standard InChI is InChI=1S/C25H23Cl2NO5/c1-2-33-25(32)18-9-5-6-10-20(18)28-22(17-12-11-14(26)13-19(17)27)21(24(30)31)15-7-3-4-8-16(15)23(28)29/h3-8,11-13,18,20-22H,2,9-10H2,1H3,(H,30,31). The Bertz CT molecular complexity index is 1130. The fraction of sp³-hybridized carbons (Fsp3) is 0.320. The number of carboxylic acids is 1. The predicted octanol–water partition coefficient (Wildman–Crippen LogP) is 5.26. The number of carbonyl (C=O) groups is 3. The maximum absolute atomic E-state index is 13.9. The first-order chi connectivity index (χ1) is 15.8. The molecule has 172 valence electrons. The summed E-state index contributed by atoms with van der Waals surface area (Å²) >= 11 is 12.6. The van der Waals surface area contributed by atoms with E-state index in [1.807, 2.05) is 12.2 Å². The van der Waals surface area contributed by atoms with Gasteiger partial charge in [0.2, 0.25) is 0 Å². The molecule has 1 aliphatic heterocycles. The number of nitrogens with zero attached hydrogens (tertiary/aromatic N) is 1. The van der Waals surface area contributed by atoms with Gasteiger partial charge in [-0.15, -0.1) is 0 Å². The number of halogens is 2. The molecule has 4 unspecified atom stereocenters. The van der Waals surface area contributed by atoms with Gasteiger partial charge < -0.3 is 14.7 Å². The van der Waals surface area contributed by atoms with Gasteiger partial charge >= 0.3 is 11.9 Å². The highest BCUT2D eigenvalue weighted by Crippen LogP contribution is 2.48. The van der Waals surface area contributed by atoms with Crippen LogP contribution in [0.3, 0.4) is 0 Å². The summed E-state index contributed by atoms with van der Waals surface area (Å²) in [6, 6.07) is 9.98. The molecular weight excluding hydrogens is 465 g/mol. The summed E-state index contributed by atoms with van der Waals surface area (Å²) in [5, 5.41) is 11.0. The zero-order chi connectivity index (χ0) is 23.7. The van der Waals surface area contributed by atoms with Crippen LogP contribution in [0, 0.1) is 5.92 Å². The molecule has 0 saturated carbocycles. The lowest BCUT2D eigenvalue weighted by Crippen LogP contribution is -2.54. The van der Waals surface area contributed by atoms with Crippen LogP contribution in [-0.4, -0.2) is 40.5 Å². The molecule has 6 nitrogen and oxygen atoms in total. The van der Waals surface area contributed by atoms with Crippen LogP contribution >= 0.6 is 23.2 Å². The fourth-order valence-corrected chi connectivity index (χ4v) is 5.38. The van der Waals surface area contributed by atoms with Crippen LogP contribution in [0.15, 0.2) is 54.6 Å². The van der Waals surface area contributed by atoms with E-state index in [1.165, 1.54) is 11.0 Å². The molecule has 0 bridgehead atoms. The Hall–Kier alpha value is -2.83. The minimum absolute atomic E-state index is 0.215. The van der Waals surface area contributed by atoms with E-state index in [0.717, 1.165) is 0 Å². The van der Waals surface area contributed by atoms with Crippen LogP contribution in [0.1, 0.15) is 53.2 Å².